The molecule has 30 heavy (non-hydrogen) atoms. The van der Waals surface area contributed by atoms with E-state index in [9.17, 15) is 9.90 Å². The predicted octanol–water partition coefficient (Wildman–Crippen LogP) is 2.38. The molecule has 1 atom stereocenters. The van der Waals surface area contributed by atoms with Gasteiger partial charge in [0.1, 0.15) is 6.54 Å². The molecule has 0 heterocycles. The van der Waals surface area contributed by atoms with Crippen LogP contribution in [0.25, 0.3) is 0 Å². The number of carbonyl (C=O) groups is 1. The van der Waals surface area contributed by atoms with Crippen molar-refractivity contribution in [3.63, 3.8) is 0 Å². The highest BCUT2D eigenvalue weighted by molar-refractivity contribution is 5.82. The SMILES string of the molecule is CCCCCCCC/C=C\CCCCCCCC(=O)C(O)C[N+](C)(C)CCCN.[Cl-]. The Balaban J connectivity index is 0. The third-order valence-electron chi connectivity index (χ3n) is 5.69. The van der Waals surface area contributed by atoms with Crippen LogP contribution in [0.5, 0.6) is 0 Å². The zero-order valence-corrected chi connectivity index (χ0v) is 21.0. The molecule has 0 aliphatic rings. The van der Waals surface area contributed by atoms with Gasteiger partial charge in [-0.2, -0.15) is 0 Å². The van der Waals surface area contributed by atoms with Gasteiger partial charge in [-0.3, -0.25) is 4.79 Å². The van der Waals surface area contributed by atoms with Crippen LogP contribution in [-0.2, 0) is 4.79 Å². The lowest BCUT2D eigenvalue weighted by Crippen LogP contribution is -3.00. The van der Waals surface area contributed by atoms with Gasteiger partial charge in [0.05, 0.1) is 20.6 Å². The molecule has 0 bridgehead atoms. The highest BCUT2D eigenvalue weighted by Crippen LogP contribution is 2.11. The number of aliphatic hydroxyl groups excluding tert-OH is 1. The molecule has 0 aromatic heterocycles. The molecule has 0 aromatic rings. The third kappa shape index (κ3) is 20.8. The average Bonchev–Trinajstić information content (AvgIpc) is 2.68. The van der Waals surface area contributed by atoms with E-state index in [2.05, 4.69) is 19.1 Å². The second-order valence-electron chi connectivity index (χ2n) is 9.30. The maximum atomic E-state index is 12.1. The lowest BCUT2D eigenvalue weighted by molar-refractivity contribution is -0.892. The number of quaternary nitrogens is 1. The minimum Gasteiger partial charge on any atom is -1.00 e. The Labute approximate surface area is 193 Å². The van der Waals surface area contributed by atoms with E-state index in [1.807, 2.05) is 14.1 Å². The van der Waals surface area contributed by atoms with Crippen molar-refractivity contribution in [3.8, 4) is 0 Å². The summed E-state index contributed by atoms with van der Waals surface area (Å²) in [6.45, 7) is 4.30. The molecule has 0 aliphatic carbocycles. The fraction of sp³-hybridized carbons (Fsp3) is 0.880. The molecule has 4 nitrogen and oxygen atoms in total. The van der Waals surface area contributed by atoms with Crippen molar-refractivity contribution >= 4 is 5.78 Å². The van der Waals surface area contributed by atoms with Crippen molar-refractivity contribution in [2.75, 3.05) is 33.7 Å². The van der Waals surface area contributed by atoms with Crippen molar-refractivity contribution in [1.82, 2.24) is 0 Å². The number of ketones is 1. The number of nitrogens with two attached hydrogens (primary N) is 1. The van der Waals surface area contributed by atoms with Gasteiger partial charge in [0, 0.05) is 12.8 Å². The van der Waals surface area contributed by atoms with Crippen molar-refractivity contribution in [2.24, 2.45) is 5.73 Å². The van der Waals surface area contributed by atoms with Crippen LogP contribution in [0.3, 0.4) is 0 Å². The van der Waals surface area contributed by atoms with Crippen LogP contribution in [-0.4, -0.2) is 55.2 Å². The van der Waals surface area contributed by atoms with Crippen LogP contribution >= 0.6 is 0 Å². The number of carbonyl (C=O) groups excluding carboxylic acids is 1. The van der Waals surface area contributed by atoms with Crippen LogP contribution in [0.15, 0.2) is 12.2 Å². The summed E-state index contributed by atoms with van der Waals surface area (Å²) in [7, 11) is 4.10. The molecule has 0 aromatic carbocycles. The van der Waals surface area contributed by atoms with Crippen LogP contribution in [0.4, 0.5) is 0 Å². The first-order valence-electron chi connectivity index (χ1n) is 12.3. The second-order valence-corrected chi connectivity index (χ2v) is 9.30. The molecule has 0 spiro atoms. The summed E-state index contributed by atoms with van der Waals surface area (Å²) in [5.41, 5.74) is 5.55. The van der Waals surface area contributed by atoms with E-state index in [1.54, 1.807) is 0 Å². The maximum Gasteiger partial charge on any atom is 0.167 e. The molecular weight excluding hydrogens is 396 g/mol. The summed E-state index contributed by atoms with van der Waals surface area (Å²) in [5.74, 6) is 0.00146. The van der Waals surface area contributed by atoms with E-state index in [0.717, 1.165) is 25.8 Å². The second kappa shape index (κ2) is 21.8. The van der Waals surface area contributed by atoms with Crippen LogP contribution < -0.4 is 18.1 Å². The van der Waals surface area contributed by atoms with Gasteiger partial charge < -0.3 is 27.7 Å². The number of Topliss-reactive ketones (excluding diaryl/α,β-unsaturated/α-hetero) is 1. The van der Waals surface area contributed by atoms with E-state index in [1.165, 1.54) is 70.6 Å². The number of aliphatic hydroxyl groups is 1. The Morgan fingerprint density at radius 1 is 0.867 bits per heavy atom. The molecule has 3 N–H and O–H groups in total. The van der Waals surface area contributed by atoms with Crippen molar-refractivity contribution in [1.29, 1.82) is 0 Å². The Bertz CT molecular complexity index is 414. The smallest absolute Gasteiger partial charge is 0.167 e. The molecule has 0 saturated carbocycles. The van der Waals surface area contributed by atoms with Crippen LogP contribution in [0, 0.1) is 0 Å². The minimum absolute atomic E-state index is 0. The van der Waals surface area contributed by atoms with E-state index >= 15 is 0 Å². The monoisotopic (exact) mass is 446 g/mol. The van der Waals surface area contributed by atoms with Crippen LogP contribution in [0.1, 0.15) is 103 Å². The van der Waals surface area contributed by atoms with E-state index in [4.69, 9.17) is 5.73 Å². The summed E-state index contributed by atoms with van der Waals surface area (Å²) in [6.07, 6.45) is 21.6. The van der Waals surface area contributed by atoms with Gasteiger partial charge in [0.25, 0.3) is 0 Å². The minimum atomic E-state index is -0.834. The van der Waals surface area contributed by atoms with E-state index in [0.29, 0.717) is 24.0 Å². The predicted molar refractivity (Wildman–Crippen MR) is 126 cm³/mol. The normalized spacial score (nSPS) is 12.8. The van der Waals surface area contributed by atoms with Gasteiger partial charge >= 0.3 is 0 Å². The van der Waals surface area contributed by atoms with Crippen molar-refractivity contribution in [2.45, 2.75) is 109 Å². The standard InChI is InChI=1S/C25H51N2O2.ClH/c1-4-5-6-7-8-9-10-11-12-13-14-15-16-17-18-20-24(28)25(29)23-27(2,3)22-19-21-26;/h11-12,25,29H,4-10,13-23,26H2,1-3H3;1H/q+1;/p-1/b12-11-;. The molecule has 0 amide bonds. The fourth-order valence-corrected chi connectivity index (χ4v) is 3.72. The lowest BCUT2D eigenvalue weighted by Gasteiger charge is -2.31. The molecule has 5 heteroatoms. The number of unbranched alkanes of at least 4 members (excludes halogenated alkanes) is 11. The molecule has 180 valence electrons. The number of hydrogen-bond acceptors (Lipinski definition) is 3. The lowest BCUT2D eigenvalue weighted by atomic mass is 10.0. The Morgan fingerprint density at radius 2 is 1.37 bits per heavy atom. The van der Waals surface area contributed by atoms with Crippen LogP contribution in [0.2, 0.25) is 0 Å². The van der Waals surface area contributed by atoms with E-state index < -0.39 is 6.10 Å². The fourth-order valence-electron chi connectivity index (χ4n) is 3.72. The first kappa shape index (κ1) is 31.8. The zero-order chi connectivity index (χ0) is 21.8. The maximum absolute atomic E-state index is 12.1. The number of rotatable bonds is 21. The Hall–Kier alpha value is -0.420. The molecule has 1 unspecified atom stereocenters. The van der Waals surface area contributed by atoms with Gasteiger partial charge in [-0.25, -0.2) is 0 Å². The zero-order valence-electron chi connectivity index (χ0n) is 20.2. The number of allylic oxidation sites excluding steroid dienone is 2. The largest absolute Gasteiger partial charge is 1.00 e. The van der Waals surface area contributed by atoms with Gasteiger partial charge in [-0.05, 0) is 38.6 Å². The molecule has 0 fully saturated rings. The quantitative estimate of drug-likeness (QED) is 0.162. The average molecular weight is 447 g/mol. The number of nitrogens with zero attached hydrogens (tertiary/aromatic N) is 1. The summed E-state index contributed by atoms with van der Waals surface area (Å²) >= 11 is 0. The topological polar surface area (TPSA) is 63.3 Å². The Kier molecular flexibility index (Phi) is 23.1. The molecular formula is C25H51ClN2O2. The van der Waals surface area contributed by atoms with Gasteiger partial charge in [-0.1, -0.05) is 70.4 Å². The summed E-state index contributed by atoms with van der Waals surface area (Å²) in [6, 6.07) is 0. The number of likely N-dealkylation sites (N-methyl/N-ethyl adjacent to an activating group) is 1. The highest BCUT2D eigenvalue weighted by atomic mass is 35.5. The highest BCUT2D eigenvalue weighted by Gasteiger charge is 2.24. The summed E-state index contributed by atoms with van der Waals surface area (Å²) < 4.78 is 0.649. The van der Waals surface area contributed by atoms with Crippen molar-refractivity contribution < 1.29 is 26.8 Å². The van der Waals surface area contributed by atoms with Gasteiger partial charge in [-0.15, -0.1) is 0 Å². The molecule has 0 radical (unpaired) electrons. The third-order valence-corrected chi connectivity index (χ3v) is 5.69. The first-order chi connectivity index (χ1) is 13.9. The number of hydrogen-bond donors (Lipinski definition) is 2. The number of halogens is 1. The van der Waals surface area contributed by atoms with Crippen molar-refractivity contribution in [3.05, 3.63) is 12.2 Å². The first-order valence-corrected chi connectivity index (χ1v) is 12.3. The van der Waals surface area contributed by atoms with E-state index in [-0.39, 0.29) is 18.2 Å². The van der Waals surface area contributed by atoms with Gasteiger partial charge in [0.2, 0.25) is 0 Å². The molecule has 0 saturated heterocycles. The van der Waals surface area contributed by atoms with Gasteiger partial charge in [0.15, 0.2) is 11.9 Å². The molecule has 0 aliphatic heterocycles. The summed E-state index contributed by atoms with van der Waals surface area (Å²) in [4.78, 5) is 12.1. The Morgan fingerprint density at radius 3 is 1.90 bits per heavy atom. The summed E-state index contributed by atoms with van der Waals surface area (Å²) in [5, 5.41) is 10.2. The molecule has 0 rings (SSSR count).